The fourth-order valence-electron chi connectivity index (χ4n) is 2.76. The molecule has 6 nitrogen and oxygen atoms in total. The molecular weight excluding hydrogens is 406 g/mol. The van der Waals surface area contributed by atoms with Crippen molar-refractivity contribution < 1.29 is 31.8 Å². The van der Waals surface area contributed by atoms with Gasteiger partial charge in [0, 0.05) is 6.20 Å². The molecule has 2 aromatic carbocycles. The predicted octanol–water partition coefficient (Wildman–Crippen LogP) is 4.67. The summed E-state index contributed by atoms with van der Waals surface area (Å²) in [5.74, 6) is -1.57. The van der Waals surface area contributed by atoms with Crippen LogP contribution < -0.4 is 10.5 Å². The average molecular weight is 419 g/mol. The van der Waals surface area contributed by atoms with Gasteiger partial charge in [0.1, 0.15) is 23.4 Å². The van der Waals surface area contributed by atoms with E-state index in [0.717, 1.165) is 42.1 Å². The molecule has 0 aliphatic heterocycles. The lowest BCUT2D eigenvalue weighted by molar-refractivity contribution is -0.137. The van der Waals surface area contributed by atoms with Crippen LogP contribution in [0, 0.1) is 17.1 Å². The minimum Gasteiger partial charge on any atom is -0.464 e. The van der Waals surface area contributed by atoms with Crippen molar-refractivity contribution in [2.45, 2.75) is 6.18 Å². The summed E-state index contributed by atoms with van der Waals surface area (Å²) in [5.41, 5.74) is 3.25. The molecule has 0 fully saturated rings. The molecule has 0 amide bonds. The number of nitrogens with two attached hydrogens (primary N) is 1. The highest BCUT2D eigenvalue weighted by Crippen LogP contribution is 2.39. The van der Waals surface area contributed by atoms with E-state index in [-0.39, 0.29) is 22.7 Å². The first-order valence-electron chi connectivity index (χ1n) is 8.30. The van der Waals surface area contributed by atoms with Crippen LogP contribution in [-0.2, 0) is 10.9 Å². The lowest BCUT2D eigenvalue weighted by Gasteiger charge is -2.17. The molecule has 0 unspecified atom stereocenters. The lowest BCUT2D eigenvalue weighted by Crippen LogP contribution is -2.15. The number of esters is 1. The van der Waals surface area contributed by atoms with Crippen LogP contribution in [0.3, 0.4) is 0 Å². The van der Waals surface area contributed by atoms with E-state index in [2.05, 4.69) is 4.74 Å². The zero-order chi connectivity index (χ0) is 22.1. The zero-order valence-corrected chi connectivity index (χ0v) is 15.3. The number of methoxy groups -OCH3 is 1. The van der Waals surface area contributed by atoms with Gasteiger partial charge in [-0.1, -0.05) is 0 Å². The van der Waals surface area contributed by atoms with Gasteiger partial charge in [0.15, 0.2) is 5.69 Å². The standard InChI is InChI=1S/C20H13F4N3O3/c1-29-19(28)18-17(26)11(9-25)10-27(18)16-7-6-14(8-15(16)20(22,23)24)30-13-4-2-12(21)3-5-13/h2-8,10H,26H2,1H3. The van der Waals surface area contributed by atoms with Gasteiger partial charge in [0.25, 0.3) is 0 Å². The van der Waals surface area contributed by atoms with Gasteiger partial charge >= 0.3 is 12.1 Å². The molecule has 0 saturated heterocycles. The average Bonchev–Trinajstić information content (AvgIpc) is 3.04. The van der Waals surface area contributed by atoms with E-state index >= 15 is 0 Å². The largest absolute Gasteiger partial charge is 0.464 e. The number of alkyl halides is 3. The highest BCUT2D eigenvalue weighted by Gasteiger charge is 2.36. The Bertz CT molecular complexity index is 1150. The number of nitrogens with zero attached hydrogens (tertiary/aromatic N) is 2. The Balaban J connectivity index is 2.15. The second-order valence-electron chi connectivity index (χ2n) is 6.01. The monoisotopic (exact) mass is 419 g/mol. The number of carbonyl (C=O) groups is 1. The summed E-state index contributed by atoms with van der Waals surface area (Å²) < 4.78 is 65.1. The Hall–Kier alpha value is -4.00. The first-order valence-corrected chi connectivity index (χ1v) is 8.30. The van der Waals surface area contributed by atoms with E-state index in [9.17, 15) is 22.4 Å². The zero-order valence-electron chi connectivity index (χ0n) is 15.3. The van der Waals surface area contributed by atoms with Gasteiger partial charge in [-0.15, -0.1) is 0 Å². The number of ether oxygens (including phenoxy) is 2. The number of aromatic nitrogens is 1. The number of halogens is 4. The molecule has 0 radical (unpaired) electrons. The maximum atomic E-state index is 13.8. The van der Waals surface area contributed by atoms with Crippen molar-refractivity contribution in [3.63, 3.8) is 0 Å². The Morgan fingerprint density at radius 3 is 2.33 bits per heavy atom. The van der Waals surface area contributed by atoms with Crippen molar-refractivity contribution in [2.75, 3.05) is 12.8 Å². The second kappa shape index (κ2) is 7.79. The molecule has 154 valence electrons. The number of hydrogen-bond donors (Lipinski definition) is 1. The molecule has 30 heavy (non-hydrogen) atoms. The van der Waals surface area contributed by atoms with Gasteiger partial charge in [-0.2, -0.15) is 18.4 Å². The van der Waals surface area contributed by atoms with Gasteiger partial charge in [0.2, 0.25) is 0 Å². The molecule has 1 heterocycles. The Kier molecular flexibility index (Phi) is 5.38. The van der Waals surface area contributed by atoms with Gasteiger partial charge < -0.3 is 19.8 Å². The molecule has 3 rings (SSSR count). The molecule has 0 aliphatic carbocycles. The van der Waals surface area contributed by atoms with Gasteiger partial charge in [-0.05, 0) is 42.5 Å². The maximum Gasteiger partial charge on any atom is 0.418 e. The molecule has 1 aromatic heterocycles. The molecular formula is C20H13F4N3O3. The Labute approximate surface area is 167 Å². The van der Waals surface area contributed by atoms with E-state index in [1.54, 1.807) is 6.07 Å². The summed E-state index contributed by atoms with van der Waals surface area (Å²) >= 11 is 0. The number of nitrogen functional groups attached to an aromatic ring is 1. The fraction of sp³-hybridized carbons (Fsp3) is 0.100. The van der Waals surface area contributed by atoms with Crippen LogP contribution in [0.1, 0.15) is 21.6 Å². The van der Waals surface area contributed by atoms with E-state index in [0.29, 0.717) is 0 Å². The maximum absolute atomic E-state index is 13.8. The van der Waals surface area contributed by atoms with Crippen LogP contribution in [0.4, 0.5) is 23.2 Å². The first-order chi connectivity index (χ1) is 14.2. The molecule has 3 aromatic rings. The first kappa shape index (κ1) is 20.7. The SMILES string of the molecule is COC(=O)c1c(N)c(C#N)cn1-c1ccc(Oc2ccc(F)cc2)cc1C(F)(F)F. The van der Waals surface area contributed by atoms with Gasteiger partial charge in [-0.25, -0.2) is 9.18 Å². The molecule has 0 spiro atoms. The molecule has 0 saturated carbocycles. The molecule has 0 aliphatic rings. The minimum atomic E-state index is -4.84. The van der Waals surface area contributed by atoms with Gasteiger partial charge in [0.05, 0.1) is 29.6 Å². The Morgan fingerprint density at radius 1 is 1.13 bits per heavy atom. The highest BCUT2D eigenvalue weighted by molar-refractivity contribution is 5.96. The van der Waals surface area contributed by atoms with E-state index < -0.39 is 34.9 Å². The number of anilines is 1. The number of hydrogen-bond acceptors (Lipinski definition) is 5. The molecule has 0 atom stereocenters. The lowest BCUT2D eigenvalue weighted by atomic mass is 10.1. The third-order valence-corrected chi connectivity index (χ3v) is 4.13. The fourth-order valence-corrected chi connectivity index (χ4v) is 2.76. The summed E-state index contributed by atoms with van der Waals surface area (Å²) in [6.07, 6.45) is -3.82. The number of benzene rings is 2. The Morgan fingerprint density at radius 2 is 1.77 bits per heavy atom. The predicted molar refractivity (Wildman–Crippen MR) is 97.7 cm³/mol. The number of nitriles is 1. The third kappa shape index (κ3) is 3.91. The summed E-state index contributed by atoms with van der Waals surface area (Å²) in [5, 5.41) is 9.15. The smallest absolute Gasteiger partial charge is 0.418 e. The topological polar surface area (TPSA) is 90.3 Å². The van der Waals surface area contributed by atoms with Crippen molar-refractivity contribution in [3.8, 4) is 23.3 Å². The molecule has 10 heteroatoms. The highest BCUT2D eigenvalue weighted by atomic mass is 19.4. The van der Waals surface area contributed by atoms with E-state index in [1.807, 2.05) is 0 Å². The quantitative estimate of drug-likeness (QED) is 0.490. The number of rotatable bonds is 4. The van der Waals surface area contributed by atoms with Crippen molar-refractivity contribution in [2.24, 2.45) is 0 Å². The summed E-state index contributed by atoms with van der Waals surface area (Å²) in [6.45, 7) is 0. The summed E-state index contributed by atoms with van der Waals surface area (Å²) in [6, 6.07) is 9.47. The second-order valence-corrected chi connectivity index (χ2v) is 6.01. The number of carbonyl (C=O) groups excluding carboxylic acids is 1. The summed E-state index contributed by atoms with van der Waals surface area (Å²) in [4.78, 5) is 12.1. The van der Waals surface area contributed by atoms with Crippen LogP contribution in [0.25, 0.3) is 5.69 Å². The van der Waals surface area contributed by atoms with Crippen LogP contribution in [0.5, 0.6) is 11.5 Å². The minimum absolute atomic E-state index is 0.129. The molecule has 0 bridgehead atoms. The van der Waals surface area contributed by atoms with Crippen molar-refractivity contribution in [1.29, 1.82) is 5.26 Å². The summed E-state index contributed by atoms with van der Waals surface area (Å²) in [7, 11) is 1.04. The van der Waals surface area contributed by atoms with E-state index in [4.69, 9.17) is 15.7 Å². The van der Waals surface area contributed by atoms with Crippen molar-refractivity contribution in [3.05, 3.63) is 71.3 Å². The third-order valence-electron chi connectivity index (χ3n) is 4.13. The van der Waals surface area contributed by atoms with Crippen LogP contribution in [0.15, 0.2) is 48.7 Å². The van der Waals surface area contributed by atoms with Crippen molar-refractivity contribution in [1.82, 2.24) is 4.57 Å². The normalized spacial score (nSPS) is 11.1. The van der Waals surface area contributed by atoms with Gasteiger partial charge in [-0.3, -0.25) is 0 Å². The van der Waals surface area contributed by atoms with Crippen LogP contribution in [-0.4, -0.2) is 17.6 Å². The van der Waals surface area contributed by atoms with E-state index in [1.165, 1.54) is 18.2 Å². The van der Waals surface area contributed by atoms with Crippen molar-refractivity contribution >= 4 is 11.7 Å². The molecule has 2 N–H and O–H groups in total. The van der Waals surface area contributed by atoms with Crippen LogP contribution in [0.2, 0.25) is 0 Å². The van der Waals surface area contributed by atoms with Crippen LogP contribution >= 0.6 is 0 Å².